The maximum Gasteiger partial charge on any atom is 0.311 e. The molecule has 76 valence electrons. The number of hydrogen-bond acceptors (Lipinski definition) is 3. The molecule has 1 fully saturated rings. The summed E-state index contributed by atoms with van der Waals surface area (Å²) in [6.45, 7) is 0.719. The van der Waals surface area contributed by atoms with Gasteiger partial charge >= 0.3 is 5.97 Å². The van der Waals surface area contributed by atoms with Crippen molar-refractivity contribution in [2.45, 2.75) is 38.5 Å². The zero-order valence-electron chi connectivity index (χ0n) is 8.34. The fourth-order valence-corrected chi connectivity index (χ4v) is 1.98. The smallest absolute Gasteiger partial charge is 0.311 e. The molecule has 0 heterocycles. The molecular weight excluding hydrogens is 166 g/mol. The molecule has 1 rings (SSSR count). The zero-order valence-corrected chi connectivity index (χ0v) is 8.34. The van der Waals surface area contributed by atoms with Crippen molar-refractivity contribution < 1.29 is 9.53 Å². The predicted molar refractivity (Wildman–Crippen MR) is 51.2 cm³/mol. The van der Waals surface area contributed by atoms with Crippen molar-refractivity contribution in [1.29, 1.82) is 0 Å². The number of ether oxygens (including phenoxy) is 1. The average Bonchev–Trinajstić information content (AvgIpc) is 2.08. The number of carbonyl (C=O) groups is 1. The van der Waals surface area contributed by atoms with E-state index in [2.05, 4.69) is 0 Å². The van der Waals surface area contributed by atoms with Crippen molar-refractivity contribution in [1.82, 2.24) is 0 Å². The molecule has 2 N–H and O–H groups in total. The van der Waals surface area contributed by atoms with Crippen LogP contribution in [0.3, 0.4) is 0 Å². The van der Waals surface area contributed by atoms with E-state index in [-0.39, 0.29) is 11.4 Å². The van der Waals surface area contributed by atoms with Gasteiger partial charge in [0, 0.05) is 0 Å². The maximum absolute atomic E-state index is 11.5. The third-order valence-electron chi connectivity index (χ3n) is 3.04. The van der Waals surface area contributed by atoms with E-state index in [4.69, 9.17) is 10.5 Å². The summed E-state index contributed by atoms with van der Waals surface area (Å²) in [5, 5.41) is 0. The van der Waals surface area contributed by atoms with Crippen molar-refractivity contribution in [2.75, 3.05) is 13.7 Å². The molecule has 3 nitrogen and oxygen atoms in total. The molecule has 0 spiro atoms. The van der Waals surface area contributed by atoms with Gasteiger partial charge in [0.2, 0.25) is 0 Å². The molecule has 0 radical (unpaired) electrons. The molecule has 13 heavy (non-hydrogen) atoms. The standard InChI is InChI=1S/C10H19NO2/c1-13-9(12)10(6-4-7-10)5-2-3-8-11/h2-8,11H2,1H3. The van der Waals surface area contributed by atoms with Gasteiger partial charge in [-0.15, -0.1) is 0 Å². The van der Waals surface area contributed by atoms with E-state index in [1.54, 1.807) is 0 Å². The maximum atomic E-state index is 11.5. The Hall–Kier alpha value is -0.570. The number of esters is 1. The summed E-state index contributed by atoms with van der Waals surface area (Å²) >= 11 is 0. The molecule has 1 saturated carbocycles. The van der Waals surface area contributed by atoms with Gasteiger partial charge in [-0.05, 0) is 32.2 Å². The van der Waals surface area contributed by atoms with Crippen LogP contribution in [0.2, 0.25) is 0 Å². The quantitative estimate of drug-likeness (QED) is 0.521. The molecule has 3 heteroatoms. The minimum atomic E-state index is -0.135. The van der Waals surface area contributed by atoms with Crippen LogP contribution in [0.1, 0.15) is 38.5 Å². The Kier molecular flexibility index (Phi) is 3.72. The van der Waals surface area contributed by atoms with Crippen LogP contribution >= 0.6 is 0 Å². The van der Waals surface area contributed by atoms with Gasteiger partial charge in [0.15, 0.2) is 0 Å². The van der Waals surface area contributed by atoms with Crippen LogP contribution in [0.25, 0.3) is 0 Å². The van der Waals surface area contributed by atoms with E-state index in [9.17, 15) is 4.79 Å². The van der Waals surface area contributed by atoms with Crippen molar-refractivity contribution >= 4 is 5.97 Å². The number of nitrogens with two attached hydrogens (primary N) is 1. The van der Waals surface area contributed by atoms with Gasteiger partial charge in [-0.3, -0.25) is 4.79 Å². The van der Waals surface area contributed by atoms with Gasteiger partial charge in [0.25, 0.3) is 0 Å². The molecule has 0 aromatic rings. The molecule has 0 aromatic heterocycles. The van der Waals surface area contributed by atoms with Crippen LogP contribution in [0.4, 0.5) is 0 Å². The highest BCUT2D eigenvalue weighted by Gasteiger charge is 2.44. The Balaban J connectivity index is 2.36. The van der Waals surface area contributed by atoms with Crippen molar-refractivity contribution in [3.63, 3.8) is 0 Å². The first-order valence-electron chi connectivity index (χ1n) is 5.04. The SMILES string of the molecule is COC(=O)C1(CCCCN)CCC1. The molecule has 0 aromatic carbocycles. The highest BCUT2D eigenvalue weighted by molar-refractivity contribution is 5.77. The van der Waals surface area contributed by atoms with Gasteiger partial charge in [0.05, 0.1) is 12.5 Å². The number of carbonyl (C=O) groups excluding carboxylic acids is 1. The second-order valence-corrected chi connectivity index (χ2v) is 3.87. The molecule has 0 atom stereocenters. The fourth-order valence-electron chi connectivity index (χ4n) is 1.98. The van der Waals surface area contributed by atoms with E-state index < -0.39 is 0 Å². The summed E-state index contributed by atoms with van der Waals surface area (Å²) in [6, 6.07) is 0. The van der Waals surface area contributed by atoms with E-state index in [1.165, 1.54) is 7.11 Å². The normalized spacial score (nSPS) is 19.2. The first-order valence-corrected chi connectivity index (χ1v) is 5.04. The van der Waals surface area contributed by atoms with Crippen LogP contribution in [0.5, 0.6) is 0 Å². The van der Waals surface area contributed by atoms with Crippen molar-refractivity contribution in [3.8, 4) is 0 Å². The second-order valence-electron chi connectivity index (χ2n) is 3.87. The summed E-state index contributed by atoms with van der Waals surface area (Å²) in [4.78, 5) is 11.5. The van der Waals surface area contributed by atoms with Gasteiger partial charge < -0.3 is 10.5 Å². The minimum Gasteiger partial charge on any atom is -0.469 e. The van der Waals surface area contributed by atoms with E-state index >= 15 is 0 Å². The summed E-state index contributed by atoms with van der Waals surface area (Å²) in [5.41, 5.74) is 5.27. The van der Waals surface area contributed by atoms with Crippen molar-refractivity contribution in [2.24, 2.45) is 11.1 Å². The summed E-state index contributed by atoms with van der Waals surface area (Å²) in [7, 11) is 1.48. The van der Waals surface area contributed by atoms with E-state index in [1.807, 2.05) is 0 Å². The number of unbranched alkanes of at least 4 members (excludes halogenated alkanes) is 1. The lowest BCUT2D eigenvalue weighted by molar-refractivity contribution is -0.159. The molecule has 0 saturated heterocycles. The predicted octanol–water partition coefficient (Wildman–Crippen LogP) is 1.46. The van der Waals surface area contributed by atoms with Gasteiger partial charge in [-0.2, -0.15) is 0 Å². The van der Waals surface area contributed by atoms with Crippen LogP contribution in [0.15, 0.2) is 0 Å². The van der Waals surface area contributed by atoms with Crippen molar-refractivity contribution in [3.05, 3.63) is 0 Å². The molecule has 0 bridgehead atoms. The lowest BCUT2D eigenvalue weighted by atomic mass is 9.66. The van der Waals surface area contributed by atoms with Gasteiger partial charge in [-0.25, -0.2) is 0 Å². The summed E-state index contributed by atoms with van der Waals surface area (Å²) < 4.78 is 4.82. The lowest BCUT2D eigenvalue weighted by Crippen LogP contribution is -2.38. The van der Waals surface area contributed by atoms with Crippen LogP contribution in [-0.4, -0.2) is 19.6 Å². The Morgan fingerprint density at radius 2 is 2.15 bits per heavy atom. The minimum absolute atomic E-state index is 0.0178. The highest BCUT2D eigenvalue weighted by Crippen LogP contribution is 2.45. The monoisotopic (exact) mass is 185 g/mol. The van der Waals surface area contributed by atoms with Crippen LogP contribution < -0.4 is 5.73 Å². The van der Waals surface area contributed by atoms with Crippen LogP contribution in [-0.2, 0) is 9.53 Å². The first kappa shape index (κ1) is 10.5. The molecule has 1 aliphatic carbocycles. The fraction of sp³-hybridized carbons (Fsp3) is 0.900. The Morgan fingerprint density at radius 3 is 2.54 bits per heavy atom. The second kappa shape index (κ2) is 4.61. The Labute approximate surface area is 79.6 Å². The summed E-state index contributed by atoms with van der Waals surface area (Å²) in [6.07, 6.45) is 6.19. The largest absolute Gasteiger partial charge is 0.469 e. The Bertz CT molecular complexity index is 176. The summed E-state index contributed by atoms with van der Waals surface area (Å²) in [5.74, 6) is -0.0178. The lowest BCUT2D eigenvalue weighted by Gasteiger charge is -2.38. The third-order valence-corrected chi connectivity index (χ3v) is 3.04. The van der Waals surface area contributed by atoms with Crippen LogP contribution in [0, 0.1) is 5.41 Å². The van der Waals surface area contributed by atoms with E-state index in [0.717, 1.165) is 45.1 Å². The number of rotatable bonds is 5. The average molecular weight is 185 g/mol. The number of hydrogen-bond donors (Lipinski definition) is 1. The van der Waals surface area contributed by atoms with Gasteiger partial charge in [-0.1, -0.05) is 12.8 Å². The molecule has 0 amide bonds. The first-order chi connectivity index (χ1) is 6.25. The molecule has 0 unspecified atom stereocenters. The molecule has 0 aliphatic heterocycles. The van der Waals surface area contributed by atoms with Gasteiger partial charge in [0.1, 0.15) is 0 Å². The third kappa shape index (κ3) is 2.21. The van der Waals surface area contributed by atoms with E-state index in [0.29, 0.717) is 0 Å². The molecular formula is C10H19NO2. The number of methoxy groups -OCH3 is 1. The molecule has 1 aliphatic rings. The zero-order chi connectivity index (χ0) is 9.73. The highest BCUT2D eigenvalue weighted by atomic mass is 16.5. The topological polar surface area (TPSA) is 52.3 Å². The Morgan fingerprint density at radius 1 is 1.46 bits per heavy atom.